The molecule has 1 aliphatic carbocycles. The molecule has 2 nitrogen and oxygen atoms in total. The largest absolute Gasteiger partial charge is 0.508 e. The fourth-order valence-electron chi connectivity index (χ4n) is 2.96. The fourth-order valence-corrected chi connectivity index (χ4v) is 2.96. The molecule has 1 N–H and O–H groups in total. The molecule has 2 aliphatic rings. The molecule has 74 valence electrons. The Kier molecular flexibility index (Phi) is 1.62. The average molecular weight is 189 g/mol. The van der Waals surface area contributed by atoms with E-state index in [4.69, 9.17) is 0 Å². The van der Waals surface area contributed by atoms with Crippen molar-refractivity contribution in [1.82, 2.24) is 4.90 Å². The van der Waals surface area contributed by atoms with E-state index in [-0.39, 0.29) is 0 Å². The summed E-state index contributed by atoms with van der Waals surface area (Å²) >= 11 is 0. The van der Waals surface area contributed by atoms with Gasteiger partial charge in [-0.15, -0.1) is 0 Å². The van der Waals surface area contributed by atoms with Gasteiger partial charge in [0, 0.05) is 13.1 Å². The van der Waals surface area contributed by atoms with Gasteiger partial charge in [-0.1, -0.05) is 12.1 Å². The lowest BCUT2D eigenvalue weighted by molar-refractivity contribution is 0.362. The Bertz CT molecular complexity index is 351. The molecular weight excluding hydrogens is 174 g/mol. The van der Waals surface area contributed by atoms with E-state index in [1.54, 1.807) is 6.07 Å². The SMILES string of the molecule is CN1C[C@@H]2C(c3cccc(O)c3)[C@@H]2C1. The zero-order valence-corrected chi connectivity index (χ0v) is 8.35. The molecule has 1 aromatic rings. The molecule has 2 fully saturated rings. The van der Waals surface area contributed by atoms with Crippen LogP contribution in [0, 0.1) is 11.8 Å². The second-order valence-corrected chi connectivity index (χ2v) is 4.67. The number of hydrogen-bond acceptors (Lipinski definition) is 2. The summed E-state index contributed by atoms with van der Waals surface area (Å²) in [6.45, 7) is 2.45. The third kappa shape index (κ3) is 1.14. The van der Waals surface area contributed by atoms with Crippen LogP contribution in [0.4, 0.5) is 0 Å². The number of benzene rings is 1. The number of fused-ring (bicyclic) bond motifs is 1. The summed E-state index contributed by atoms with van der Waals surface area (Å²) in [5.74, 6) is 2.82. The van der Waals surface area contributed by atoms with Crippen LogP contribution in [0.3, 0.4) is 0 Å². The quantitative estimate of drug-likeness (QED) is 0.726. The van der Waals surface area contributed by atoms with Gasteiger partial charge in [-0.25, -0.2) is 0 Å². The van der Waals surface area contributed by atoms with Crippen LogP contribution in [0.5, 0.6) is 5.75 Å². The molecule has 0 amide bonds. The zero-order chi connectivity index (χ0) is 9.71. The number of nitrogens with zero attached hydrogens (tertiary/aromatic N) is 1. The molecule has 3 atom stereocenters. The van der Waals surface area contributed by atoms with E-state index in [0.717, 1.165) is 17.8 Å². The highest BCUT2D eigenvalue weighted by Crippen LogP contribution is 2.57. The van der Waals surface area contributed by atoms with E-state index in [1.807, 2.05) is 12.1 Å². The van der Waals surface area contributed by atoms with E-state index >= 15 is 0 Å². The van der Waals surface area contributed by atoms with Gasteiger partial charge in [-0.2, -0.15) is 0 Å². The first-order valence-corrected chi connectivity index (χ1v) is 5.23. The number of likely N-dealkylation sites (tertiary alicyclic amines) is 1. The van der Waals surface area contributed by atoms with Crippen molar-refractivity contribution in [3.05, 3.63) is 29.8 Å². The number of piperidine rings is 1. The molecule has 1 saturated carbocycles. The van der Waals surface area contributed by atoms with E-state index in [2.05, 4.69) is 18.0 Å². The van der Waals surface area contributed by atoms with Crippen LogP contribution in [0.25, 0.3) is 0 Å². The normalized spacial score (nSPS) is 35.6. The van der Waals surface area contributed by atoms with Crippen LogP contribution in [-0.2, 0) is 0 Å². The zero-order valence-electron chi connectivity index (χ0n) is 8.35. The molecule has 0 aromatic heterocycles. The lowest BCUT2D eigenvalue weighted by Gasteiger charge is -2.12. The predicted molar refractivity (Wildman–Crippen MR) is 55.3 cm³/mol. The Morgan fingerprint density at radius 2 is 2.00 bits per heavy atom. The van der Waals surface area contributed by atoms with Gasteiger partial charge in [-0.05, 0) is 42.5 Å². The summed E-state index contributed by atoms with van der Waals surface area (Å²) in [4.78, 5) is 2.40. The van der Waals surface area contributed by atoms with Crippen molar-refractivity contribution >= 4 is 0 Å². The highest BCUT2D eigenvalue weighted by Gasteiger charge is 2.55. The molecule has 1 heterocycles. The minimum absolute atomic E-state index is 0.404. The van der Waals surface area contributed by atoms with Crippen LogP contribution in [-0.4, -0.2) is 30.1 Å². The number of aromatic hydroxyl groups is 1. The number of phenolic OH excluding ortho intramolecular Hbond substituents is 1. The summed E-state index contributed by atoms with van der Waals surface area (Å²) in [7, 11) is 2.19. The first-order valence-electron chi connectivity index (χ1n) is 5.23. The topological polar surface area (TPSA) is 23.5 Å². The summed E-state index contributed by atoms with van der Waals surface area (Å²) in [6, 6.07) is 7.75. The summed E-state index contributed by atoms with van der Waals surface area (Å²) in [6.07, 6.45) is 0. The highest BCUT2D eigenvalue weighted by atomic mass is 16.3. The summed E-state index contributed by atoms with van der Waals surface area (Å²) in [5.41, 5.74) is 1.33. The van der Waals surface area contributed by atoms with Gasteiger partial charge in [0.05, 0.1) is 0 Å². The van der Waals surface area contributed by atoms with Crippen LogP contribution in [0.2, 0.25) is 0 Å². The molecule has 2 heteroatoms. The van der Waals surface area contributed by atoms with Crippen molar-refractivity contribution in [2.24, 2.45) is 11.8 Å². The Labute approximate surface area is 84.2 Å². The van der Waals surface area contributed by atoms with Gasteiger partial charge in [0.25, 0.3) is 0 Å². The van der Waals surface area contributed by atoms with Crippen molar-refractivity contribution in [1.29, 1.82) is 0 Å². The summed E-state index contributed by atoms with van der Waals surface area (Å²) in [5, 5.41) is 9.39. The highest BCUT2D eigenvalue weighted by molar-refractivity contribution is 5.35. The van der Waals surface area contributed by atoms with Crippen molar-refractivity contribution in [3.63, 3.8) is 0 Å². The molecule has 0 spiro atoms. The van der Waals surface area contributed by atoms with Gasteiger partial charge in [0.15, 0.2) is 0 Å². The molecule has 14 heavy (non-hydrogen) atoms. The van der Waals surface area contributed by atoms with Crippen LogP contribution in [0.15, 0.2) is 24.3 Å². The smallest absolute Gasteiger partial charge is 0.115 e. The Morgan fingerprint density at radius 3 is 2.64 bits per heavy atom. The molecule has 3 rings (SSSR count). The standard InChI is InChI=1S/C12H15NO/c1-13-6-10-11(7-13)12(10)8-3-2-4-9(14)5-8/h2-5,10-12,14H,6-7H2,1H3/t10-,11+,12?. The second-order valence-electron chi connectivity index (χ2n) is 4.67. The molecule has 1 aliphatic heterocycles. The fraction of sp³-hybridized carbons (Fsp3) is 0.500. The predicted octanol–water partition coefficient (Wildman–Crippen LogP) is 1.67. The van der Waals surface area contributed by atoms with Gasteiger partial charge >= 0.3 is 0 Å². The minimum Gasteiger partial charge on any atom is -0.508 e. The number of phenols is 1. The molecular formula is C12H15NO. The molecule has 1 saturated heterocycles. The number of hydrogen-bond donors (Lipinski definition) is 1. The van der Waals surface area contributed by atoms with E-state index in [0.29, 0.717) is 5.75 Å². The van der Waals surface area contributed by atoms with Gasteiger partial charge in [0.2, 0.25) is 0 Å². The first kappa shape index (κ1) is 8.30. The van der Waals surface area contributed by atoms with Crippen LogP contribution >= 0.6 is 0 Å². The van der Waals surface area contributed by atoms with E-state index in [1.165, 1.54) is 18.7 Å². The molecule has 1 unspecified atom stereocenters. The van der Waals surface area contributed by atoms with Gasteiger partial charge in [-0.3, -0.25) is 0 Å². The van der Waals surface area contributed by atoms with Gasteiger partial charge < -0.3 is 10.0 Å². The maximum Gasteiger partial charge on any atom is 0.115 e. The first-order chi connectivity index (χ1) is 6.75. The lowest BCUT2D eigenvalue weighted by Crippen LogP contribution is -2.18. The van der Waals surface area contributed by atoms with E-state index in [9.17, 15) is 5.11 Å². The summed E-state index contributed by atoms with van der Waals surface area (Å²) < 4.78 is 0. The molecule has 1 aromatic carbocycles. The van der Waals surface area contributed by atoms with Crippen molar-refractivity contribution in [3.8, 4) is 5.75 Å². The second kappa shape index (κ2) is 2.74. The van der Waals surface area contributed by atoms with Crippen molar-refractivity contribution in [2.75, 3.05) is 20.1 Å². The van der Waals surface area contributed by atoms with Crippen LogP contribution < -0.4 is 0 Å². The van der Waals surface area contributed by atoms with Gasteiger partial charge in [0.1, 0.15) is 5.75 Å². The maximum atomic E-state index is 9.39. The van der Waals surface area contributed by atoms with Crippen molar-refractivity contribution in [2.45, 2.75) is 5.92 Å². The van der Waals surface area contributed by atoms with Crippen molar-refractivity contribution < 1.29 is 5.11 Å². The van der Waals surface area contributed by atoms with E-state index < -0.39 is 0 Å². The van der Waals surface area contributed by atoms with Crippen LogP contribution in [0.1, 0.15) is 11.5 Å². The lowest BCUT2D eigenvalue weighted by atomic mass is 10.1. The third-order valence-corrected chi connectivity index (χ3v) is 3.63. The Hall–Kier alpha value is -1.02. The Balaban J connectivity index is 1.81. The number of rotatable bonds is 1. The molecule has 0 radical (unpaired) electrons. The Morgan fingerprint density at radius 1 is 1.29 bits per heavy atom. The monoisotopic (exact) mass is 189 g/mol. The molecule has 0 bridgehead atoms. The maximum absolute atomic E-state index is 9.39. The average Bonchev–Trinajstić information content (AvgIpc) is 2.65. The third-order valence-electron chi connectivity index (χ3n) is 3.63. The minimum atomic E-state index is 0.404.